The molecule has 0 spiro atoms. The minimum Gasteiger partial charge on any atom is -0.493 e. The van der Waals surface area contributed by atoms with Gasteiger partial charge >= 0.3 is 0 Å². The van der Waals surface area contributed by atoms with Crippen molar-refractivity contribution < 1.29 is 14.3 Å². The van der Waals surface area contributed by atoms with Crippen LogP contribution < -0.4 is 14.8 Å². The molecule has 0 atom stereocenters. The molecule has 0 aliphatic carbocycles. The van der Waals surface area contributed by atoms with Crippen LogP contribution in [0.15, 0.2) is 12.1 Å². The van der Waals surface area contributed by atoms with Crippen LogP contribution >= 0.6 is 33.9 Å². The average Bonchev–Trinajstić information content (AvgIpc) is 2.95. The second-order valence-corrected chi connectivity index (χ2v) is 7.94. The lowest BCUT2D eigenvalue weighted by Crippen LogP contribution is -2.13. The molecule has 0 saturated heterocycles. The Kier molecular flexibility index (Phi) is 5.45. The van der Waals surface area contributed by atoms with Crippen molar-refractivity contribution in [3.63, 3.8) is 0 Å². The maximum Gasteiger partial charge on any atom is 0.258 e. The molecule has 0 bridgehead atoms. The number of carbonyl (C=O) groups is 1. The Balaban J connectivity index is 2.26. The zero-order valence-electron chi connectivity index (χ0n) is 13.6. The van der Waals surface area contributed by atoms with Crippen molar-refractivity contribution in [3.05, 3.63) is 26.3 Å². The molecule has 124 valence electrons. The van der Waals surface area contributed by atoms with E-state index in [1.165, 1.54) is 18.4 Å². The first kappa shape index (κ1) is 17.9. The van der Waals surface area contributed by atoms with Crippen LogP contribution in [-0.2, 0) is 5.41 Å². The van der Waals surface area contributed by atoms with Crippen molar-refractivity contribution >= 4 is 45.0 Å². The second kappa shape index (κ2) is 7.00. The quantitative estimate of drug-likeness (QED) is 0.724. The van der Waals surface area contributed by atoms with Gasteiger partial charge in [0.1, 0.15) is 5.01 Å². The number of carbonyl (C=O) groups excluding carboxylic acids is 1. The number of anilines is 1. The van der Waals surface area contributed by atoms with Gasteiger partial charge in [-0.15, -0.1) is 10.2 Å². The topological polar surface area (TPSA) is 73.3 Å². The van der Waals surface area contributed by atoms with Crippen LogP contribution in [0.25, 0.3) is 0 Å². The van der Waals surface area contributed by atoms with Crippen molar-refractivity contribution in [2.24, 2.45) is 0 Å². The Morgan fingerprint density at radius 2 is 1.78 bits per heavy atom. The van der Waals surface area contributed by atoms with E-state index in [0.717, 1.165) is 8.58 Å². The van der Waals surface area contributed by atoms with Crippen molar-refractivity contribution in [3.8, 4) is 11.5 Å². The number of ether oxygens (including phenoxy) is 2. The predicted octanol–water partition coefficient (Wildman–Crippen LogP) is 3.71. The summed E-state index contributed by atoms with van der Waals surface area (Å²) in [6.45, 7) is 6.16. The number of hydrogen-bond acceptors (Lipinski definition) is 6. The fourth-order valence-electron chi connectivity index (χ4n) is 1.77. The standard InChI is InChI=1S/C15H18IN3O3S/c1-15(2,3)13-18-19-14(23-13)17-12(20)8-6-10(21-4)11(22-5)7-9(8)16/h6-7H,1-5H3,(H,17,19,20). The molecule has 0 aliphatic rings. The summed E-state index contributed by atoms with van der Waals surface area (Å²) in [6.07, 6.45) is 0. The number of rotatable bonds is 4. The van der Waals surface area contributed by atoms with Gasteiger partial charge in [-0.1, -0.05) is 32.1 Å². The van der Waals surface area contributed by atoms with Crippen LogP contribution in [0.3, 0.4) is 0 Å². The molecule has 0 unspecified atom stereocenters. The van der Waals surface area contributed by atoms with Gasteiger partial charge in [0.05, 0.1) is 19.8 Å². The zero-order chi connectivity index (χ0) is 17.2. The zero-order valence-corrected chi connectivity index (χ0v) is 16.5. The number of benzene rings is 1. The lowest BCUT2D eigenvalue weighted by atomic mass is 9.98. The molecular weight excluding hydrogens is 429 g/mol. The SMILES string of the molecule is COc1cc(I)c(C(=O)Nc2nnc(C(C)(C)C)s2)cc1OC. The Bertz CT molecular complexity index is 725. The first-order valence-corrected chi connectivity index (χ1v) is 8.72. The summed E-state index contributed by atoms with van der Waals surface area (Å²) in [5.74, 6) is 0.831. The molecule has 0 saturated carbocycles. The van der Waals surface area contributed by atoms with E-state index in [4.69, 9.17) is 9.47 Å². The van der Waals surface area contributed by atoms with Crippen molar-refractivity contribution in [2.75, 3.05) is 19.5 Å². The van der Waals surface area contributed by atoms with E-state index < -0.39 is 0 Å². The maximum atomic E-state index is 12.5. The highest BCUT2D eigenvalue weighted by molar-refractivity contribution is 14.1. The third-order valence-corrected chi connectivity index (χ3v) is 5.16. The molecule has 0 aliphatic heterocycles. The summed E-state index contributed by atoms with van der Waals surface area (Å²) in [5.41, 5.74) is 0.397. The molecular formula is C15H18IN3O3S. The normalized spacial score (nSPS) is 11.2. The van der Waals surface area contributed by atoms with Crippen molar-refractivity contribution in [1.29, 1.82) is 0 Å². The van der Waals surface area contributed by atoms with E-state index in [-0.39, 0.29) is 11.3 Å². The molecule has 1 N–H and O–H groups in total. The minimum atomic E-state index is -0.257. The summed E-state index contributed by atoms with van der Waals surface area (Å²) in [7, 11) is 3.09. The smallest absolute Gasteiger partial charge is 0.258 e. The lowest BCUT2D eigenvalue weighted by Gasteiger charge is -2.12. The first-order chi connectivity index (χ1) is 10.8. The number of halogens is 1. The van der Waals surface area contributed by atoms with Crippen molar-refractivity contribution in [2.45, 2.75) is 26.2 Å². The third-order valence-electron chi connectivity index (χ3n) is 3.00. The number of methoxy groups -OCH3 is 2. The monoisotopic (exact) mass is 447 g/mol. The van der Waals surface area contributed by atoms with Crippen LogP contribution in [0, 0.1) is 3.57 Å². The molecule has 1 heterocycles. The van der Waals surface area contributed by atoms with E-state index in [0.29, 0.717) is 22.2 Å². The Hall–Kier alpha value is -1.42. The summed E-state index contributed by atoms with van der Waals surface area (Å²) < 4.78 is 11.2. The molecule has 2 aromatic rings. The minimum absolute atomic E-state index is 0.0988. The van der Waals surface area contributed by atoms with Crippen LogP contribution in [-0.4, -0.2) is 30.3 Å². The summed E-state index contributed by atoms with van der Waals surface area (Å²) >= 11 is 3.46. The number of aromatic nitrogens is 2. The molecule has 1 aromatic heterocycles. The van der Waals surface area contributed by atoms with Gasteiger partial charge in [-0.05, 0) is 34.7 Å². The van der Waals surface area contributed by atoms with E-state index in [2.05, 4.69) is 58.9 Å². The lowest BCUT2D eigenvalue weighted by molar-refractivity contribution is 0.102. The van der Waals surface area contributed by atoms with E-state index in [1.54, 1.807) is 19.2 Å². The number of amides is 1. The summed E-state index contributed by atoms with van der Waals surface area (Å²) in [4.78, 5) is 12.5. The van der Waals surface area contributed by atoms with E-state index in [9.17, 15) is 4.79 Å². The largest absolute Gasteiger partial charge is 0.493 e. The molecule has 2 rings (SSSR count). The molecule has 23 heavy (non-hydrogen) atoms. The van der Waals surface area contributed by atoms with Gasteiger partial charge in [0.25, 0.3) is 5.91 Å². The van der Waals surface area contributed by atoms with Crippen LogP contribution in [0.5, 0.6) is 11.5 Å². The number of nitrogens with one attached hydrogen (secondary N) is 1. The Morgan fingerprint density at radius 3 is 2.30 bits per heavy atom. The molecule has 1 amide bonds. The van der Waals surface area contributed by atoms with Gasteiger partial charge in [-0.2, -0.15) is 0 Å². The molecule has 1 aromatic carbocycles. The van der Waals surface area contributed by atoms with Gasteiger partial charge in [-0.25, -0.2) is 0 Å². The van der Waals surface area contributed by atoms with Gasteiger partial charge in [0.2, 0.25) is 5.13 Å². The predicted molar refractivity (Wildman–Crippen MR) is 98.8 cm³/mol. The van der Waals surface area contributed by atoms with Crippen LogP contribution in [0.4, 0.5) is 5.13 Å². The molecule has 0 radical (unpaired) electrons. The van der Waals surface area contributed by atoms with E-state index in [1.807, 2.05) is 0 Å². The number of nitrogens with zero attached hydrogens (tertiary/aromatic N) is 2. The average molecular weight is 447 g/mol. The van der Waals surface area contributed by atoms with Gasteiger partial charge in [0, 0.05) is 8.99 Å². The fourth-order valence-corrected chi connectivity index (χ4v) is 3.25. The van der Waals surface area contributed by atoms with Crippen LogP contribution in [0.2, 0.25) is 0 Å². The highest BCUT2D eigenvalue weighted by atomic mass is 127. The van der Waals surface area contributed by atoms with Gasteiger partial charge in [-0.3, -0.25) is 10.1 Å². The Morgan fingerprint density at radius 1 is 1.17 bits per heavy atom. The van der Waals surface area contributed by atoms with E-state index >= 15 is 0 Å². The second-order valence-electron chi connectivity index (χ2n) is 5.80. The maximum absolute atomic E-state index is 12.5. The van der Waals surface area contributed by atoms with Gasteiger partial charge < -0.3 is 9.47 Å². The summed E-state index contributed by atoms with van der Waals surface area (Å²) in [6, 6.07) is 3.41. The molecule has 8 heteroatoms. The van der Waals surface area contributed by atoms with Crippen LogP contribution in [0.1, 0.15) is 36.1 Å². The third kappa shape index (κ3) is 4.11. The molecule has 6 nitrogen and oxygen atoms in total. The van der Waals surface area contributed by atoms with Crippen molar-refractivity contribution in [1.82, 2.24) is 10.2 Å². The highest BCUT2D eigenvalue weighted by Gasteiger charge is 2.21. The summed E-state index contributed by atoms with van der Waals surface area (Å²) in [5, 5.41) is 12.3. The Labute approximate surface area is 152 Å². The first-order valence-electron chi connectivity index (χ1n) is 6.83. The fraction of sp³-hybridized carbons (Fsp3) is 0.400. The highest BCUT2D eigenvalue weighted by Crippen LogP contribution is 2.32. The van der Waals surface area contributed by atoms with Gasteiger partial charge in [0.15, 0.2) is 11.5 Å². The number of hydrogen-bond donors (Lipinski definition) is 1. The molecule has 0 fully saturated rings.